The van der Waals surface area contributed by atoms with Crippen LogP contribution in [0.15, 0.2) is 10.8 Å². The molecule has 0 saturated heterocycles. The third kappa shape index (κ3) is 1.50. The Bertz CT molecular complexity index is 259. The van der Waals surface area contributed by atoms with Crippen molar-refractivity contribution >= 4 is 11.3 Å². The minimum absolute atomic E-state index is 0.152. The Morgan fingerprint density at radius 3 is 1.92 bits per heavy atom. The zero-order valence-electron chi connectivity index (χ0n) is 6.84. The van der Waals surface area contributed by atoms with Crippen LogP contribution < -0.4 is 9.47 Å². The normalized spacial score (nSPS) is 26.0. The van der Waals surface area contributed by atoms with E-state index in [1.807, 2.05) is 10.8 Å². The SMILES string of the molecule is OCC1Oc2cscc2OC1CO. The highest BCUT2D eigenvalue weighted by atomic mass is 32.1. The van der Waals surface area contributed by atoms with Crippen LogP contribution >= 0.6 is 11.3 Å². The maximum atomic E-state index is 8.94. The summed E-state index contributed by atoms with van der Waals surface area (Å²) in [6, 6.07) is 0. The van der Waals surface area contributed by atoms with Crippen molar-refractivity contribution in [3.63, 3.8) is 0 Å². The Kier molecular flexibility index (Phi) is 2.39. The second kappa shape index (κ2) is 3.53. The minimum Gasteiger partial charge on any atom is -0.479 e. The van der Waals surface area contributed by atoms with Crippen LogP contribution in [0.2, 0.25) is 0 Å². The summed E-state index contributed by atoms with van der Waals surface area (Å²) in [6.45, 7) is -0.305. The summed E-state index contributed by atoms with van der Waals surface area (Å²) >= 11 is 1.47. The molecule has 0 fully saturated rings. The van der Waals surface area contributed by atoms with Gasteiger partial charge in [-0.25, -0.2) is 0 Å². The Hall–Kier alpha value is -0.780. The summed E-state index contributed by atoms with van der Waals surface area (Å²) in [7, 11) is 0. The van der Waals surface area contributed by atoms with Gasteiger partial charge in [-0.3, -0.25) is 0 Å². The van der Waals surface area contributed by atoms with Gasteiger partial charge in [-0.05, 0) is 0 Å². The molecule has 1 aliphatic heterocycles. The van der Waals surface area contributed by atoms with Crippen LogP contribution in [0.1, 0.15) is 0 Å². The topological polar surface area (TPSA) is 58.9 Å². The molecule has 4 nitrogen and oxygen atoms in total. The van der Waals surface area contributed by atoms with Crippen LogP contribution in [0.5, 0.6) is 11.5 Å². The molecule has 0 spiro atoms. The van der Waals surface area contributed by atoms with E-state index >= 15 is 0 Å². The first-order chi connectivity index (χ1) is 6.35. The zero-order chi connectivity index (χ0) is 9.26. The maximum absolute atomic E-state index is 8.94. The van der Waals surface area contributed by atoms with Crippen molar-refractivity contribution in [2.75, 3.05) is 13.2 Å². The van der Waals surface area contributed by atoms with Crippen molar-refractivity contribution in [1.29, 1.82) is 0 Å². The average Bonchev–Trinajstić information content (AvgIpc) is 2.62. The number of rotatable bonds is 2. The van der Waals surface area contributed by atoms with E-state index in [-0.39, 0.29) is 13.2 Å². The molecule has 0 aliphatic carbocycles. The Morgan fingerprint density at radius 2 is 1.54 bits per heavy atom. The second-order valence-electron chi connectivity index (χ2n) is 2.78. The van der Waals surface area contributed by atoms with E-state index in [1.54, 1.807) is 0 Å². The molecule has 0 saturated carbocycles. The Morgan fingerprint density at radius 1 is 1.08 bits per heavy atom. The van der Waals surface area contributed by atoms with Gasteiger partial charge in [0, 0.05) is 10.8 Å². The summed E-state index contributed by atoms with van der Waals surface area (Å²) in [5.41, 5.74) is 0. The van der Waals surface area contributed by atoms with Crippen molar-refractivity contribution in [1.82, 2.24) is 0 Å². The van der Waals surface area contributed by atoms with E-state index in [0.29, 0.717) is 11.5 Å². The second-order valence-corrected chi connectivity index (χ2v) is 3.52. The van der Waals surface area contributed by atoms with Gasteiger partial charge in [0.2, 0.25) is 0 Å². The Labute approximate surface area is 79.3 Å². The summed E-state index contributed by atoms with van der Waals surface area (Å²) < 4.78 is 10.8. The number of fused-ring (bicyclic) bond motifs is 1. The molecule has 72 valence electrons. The number of hydrogen-bond donors (Lipinski definition) is 2. The number of thiophene rings is 1. The lowest BCUT2D eigenvalue weighted by molar-refractivity contribution is -0.0342. The van der Waals surface area contributed by atoms with Gasteiger partial charge in [-0.15, -0.1) is 11.3 Å². The van der Waals surface area contributed by atoms with Gasteiger partial charge in [0.15, 0.2) is 23.7 Å². The van der Waals surface area contributed by atoms with E-state index < -0.39 is 12.2 Å². The molecule has 1 aliphatic rings. The molecule has 13 heavy (non-hydrogen) atoms. The number of hydrogen-bond acceptors (Lipinski definition) is 5. The average molecular weight is 202 g/mol. The summed E-state index contributed by atoms with van der Waals surface area (Å²) in [6.07, 6.45) is -0.931. The van der Waals surface area contributed by atoms with E-state index in [0.717, 1.165) is 0 Å². The molecule has 0 radical (unpaired) electrons. The van der Waals surface area contributed by atoms with Gasteiger partial charge < -0.3 is 19.7 Å². The largest absolute Gasteiger partial charge is 0.479 e. The standard InChI is InChI=1S/C8H10O4S/c9-1-5-6(2-10)12-8-4-13-3-7(8)11-5/h3-6,9-10H,1-2H2. The molecular weight excluding hydrogens is 192 g/mol. The predicted octanol–water partition coefficient (Wildman–Crippen LogP) is 0.241. The number of aliphatic hydroxyl groups is 2. The molecule has 1 aromatic rings. The number of ether oxygens (including phenoxy) is 2. The van der Waals surface area contributed by atoms with Gasteiger partial charge in [-0.2, -0.15) is 0 Å². The van der Waals surface area contributed by atoms with Gasteiger partial charge in [0.05, 0.1) is 13.2 Å². The van der Waals surface area contributed by atoms with Crippen molar-refractivity contribution < 1.29 is 19.7 Å². The fraction of sp³-hybridized carbons (Fsp3) is 0.500. The molecule has 2 unspecified atom stereocenters. The maximum Gasteiger partial charge on any atom is 0.172 e. The van der Waals surface area contributed by atoms with E-state index in [9.17, 15) is 0 Å². The molecule has 5 heteroatoms. The fourth-order valence-corrected chi connectivity index (χ4v) is 1.89. The highest BCUT2D eigenvalue weighted by Crippen LogP contribution is 2.37. The van der Waals surface area contributed by atoms with Crippen LogP contribution in [0.3, 0.4) is 0 Å². The fourth-order valence-electron chi connectivity index (χ4n) is 1.23. The predicted molar refractivity (Wildman–Crippen MR) is 47.3 cm³/mol. The van der Waals surface area contributed by atoms with Crippen LogP contribution in [0.25, 0.3) is 0 Å². The van der Waals surface area contributed by atoms with E-state index in [4.69, 9.17) is 19.7 Å². The molecule has 2 N–H and O–H groups in total. The molecular formula is C8H10O4S. The monoisotopic (exact) mass is 202 g/mol. The van der Waals surface area contributed by atoms with Gasteiger partial charge >= 0.3 is 0 Å². The first-order valence-electron chi connectivity index (χ1n) is 3.96. The first-order valence-corrected chi connectivity index (χ1v) is 4.90. The first kappa shape index (κ1) is 8.80. The Balaban J connectivity index is 2.20. The third-order valence-electron chi connectivity index (χ3n) is 1.92. The highest BCUT2D eigenvalue weighted by Gasteiger charge is 2.30. The molecule has 0 aromatic carbocycles. The molecule has 2 heterocycles. The molecule has 1 aromatic heterocycles. The zero-order valence-corrected chi connectivity index (χ0v) is 7.66. The molecule has 2 atom stereocenters. The van der Waals surface area contributed by atoms with Crippen molar-refractivity contribution in [2.45, 2.75) is 12.2 Å². The molecule has 2 rings (SSSR count). The molecule has 0 bridgehead atoms. The lowest BCUT2D eigenvalue weighted by atomic mass is 10.2. The third-order valence-corrected chi connectivity index (χ3v) is 2.62. The van der Waals surface area contributed by atoms with Crippen molar-refractivity contribution in [3.8, 4) is 11.5 Å². The van der Waals surface area contributed by atoms with Crippen LogP contribution in [-0.2, 0) is 0 Å². The smallest absolute Gasteiger partial charge is 0.172 e. The number of aliphatic hydroxyl groups excluding tert-OH is 2. The quantitative estimate of drug-likeness (QED) is 0.721. The van der Waals surface area contributed by atoms with E-state index in [2.05, 4.69) is 0 Å². The summed E-state index contributed by atoms with van der Waals surface area (Å²) in [5, 5.41) is 21.5. The van der Waals surface area contributed by atoms with Gasteiger partial charge in [-0.1, -0.05) is 0 Å². The van der Waals surface area contributed by atoms with Gasteiger partial charge in [0.25, 0.3) is 0 Å². The van der Waals surface area contributed by atoms with Crippen LogP contribution in [-0.4, -0.2) is 35.6 Å². The van der Waals surface area contributed by atoms with Crippen molar-refractivity contribution in [2.24, 2.45) is 0 Å². The lowest BCUT2D eigenvalue weighted by Crippen LogP contribution is -2.44. The summed E-state index contributed by atoms with van der Waals surface area (Å²) in [4.78, 5) is 0. The highest BCUT2D eigenvalue weighted by molar-refractivity contribution is 7.08. The van der Waals surface area contributed by atoms with E-state index in [1.165, 1.54) is 11.3 Å². The summed E-state index contributed by atoms with van der Waals surface area (Å²) in [5.74, 6) is 1.29. The van der Waals surface area contributed by atoms with Crippen molar-refractivity contribution in [3.05, 3.63) is 10.8 Å². The minimum atomic E-state index is -0.466. The van der Waals surface area contributed by atoms with Crippen LogP contribution in [0.4, 0.5) is 0 Å². The van der Waals surface area contributed by atoms with Crippen LogP contribution in [0, 0.1) is 0 Å². The molecule has 0 amide bonds. The lowest BCUT2D eigenvalue weighted by Gasteiger charge is -2.30. The van der Waals surface area contributed by atoms with Gasteiger partial charge in [0.1, 0.15) is 0 Å².